The molecule has 7 aromatic rings. The summed E-state index contributed by atoms with van der Waals surface area (Å²) in [6.07, 6.45) is -5.16. The number of carbonyl (C=O) groups excluding carboxylic acids is 1. The van der Waals surface area contributed by atoms with Gasteiger partial charge in [-0.2, -0.15) is 31.3 Å². The van der Waals surface area contributed by atoms with Crippen LogP contribution in [0.25, 0.3) is 10.9 Å². The molecule has 0 spiro atoms. The van der Waals surface area contributed by atoms with Crippen molar-refractivity contribution < 1.29 is 50.5 Å². The maximum Gasteiger partial charge on any atom is 0.421 e. The van der Waals surface area contributed by atoms with Crippen LogP contribution in [0.2, 0.25) is 0 Å². The molecule has 3 aromatic heterocycles. The number of alkyl halides is 6. The van der Waals surface area contributed by atoms with Crippen LogP contribution in [0.15, 0.2) is 145 Å². The molecule has 2 atom stereocenters. The van der Waals surface area contributed by atoms with Crippen molar-refractivity contribution in [2.75, 3.05) is 18.9 Å². The summed E-state index contributed by atoms with van der Waals surface area (Å²) in [7, 11) is 0. The first-order valence-electron chi connectivity index (χ1n) is 18.1. The minimum absolute atomic E-state index is 0.00797. The molecule has 5 N–H and O–H groups in total. The Morgan fingerprint density at radius 2 is 1.31 bits per heavy atom. The lowest BCUT2D eigenvalue weighted by Gasteiger charge is -2.21. The third-order valence-electron chi connectivity index (χ3n) is 8.85. The van der Waals surface area contributed by atoms with Gasteiger partial charge in [-0.25, -0.2) is 9.97 Å². The predicted octanol–water partition coefficient (Wildman–Crippen LogP) is 8.52. The van der Waals surface area contributed by atoms with Crippen LogP contribution in [-0.2, 0) is 17.1 Å². The Hall–Kier alpha value is -7.31. The summed E-state index contributed by atoms with van der Waals surface area (Å²) in [5.74, 6) is -2.06. The number of hydrogen-bond acceptors (Lipinski definition) is 10. The van der Waals surface area contributed by atoms with Crippen LogP contribution in [0.3, 0.4) is 0 Å². The van der Waals surface area contributed by atoms with Crippen LogP contribution in [0, 0.1) is 0 Å². The van der Waals surface area contributed by atoms with E-state index in [1.165, 1.54) is 48.4 Å². The number of epoxide rings is 1. The van der Waals surface area contributed by atoms with E-state index in [-0.39, 0.29) is 34.7 Å². The fraction of sp³-hybridized carbons (Fsp3) is 0.140. The number of nitrogens with two attached hydrogens (primary N) is 2. The minimum Gasteiger partial charge on any atom is -0.438 e. The van der Waals surface area contributed by atoms with Gasteiger partial charge >= 0.3 is 12.4 Å². The number of aromatic nitrogens is 4. The van der Waals surface area contributed by atoms with E-state index in [9.17, 15) is 41.0 Å². The summed E-state index contributed by atoms with van der Waals surface area (Å²) in [6, 6.07) is 31.0. The SMILES string of the molecule is NC(=O)c1cc(Oc2ncccc2C(F)(F)F)ccc1N.O=c1ncn([C@H](CO)c2ccccc2)c2ccc(Oc3ncccc3C(F)(F)F)cc12.c1ccc([C@@H]2CO2)cc1. The van der Waals surface area contributed by atoms with Crippen molar-refractivity contribution >= 4 is 22.5 Å². The molecule has 1 fully saturated rings. The van der Waals surface area contributed by atoms with Crippen molar-refractivity contribution in [3.8, 4) is 23.3 Å². The average Bonchev–Trinajstić information content (AvgIpc) is 4.10. The maximum absolute atomic E-state index is 13.2. The number of anilines is 1. The summed E-state index contributed by atoms with van der Waals surface area (Å²) < 4.78 is 95.2. The maximum atomic E-state index is 13.2. The Bertz CT molecular complexity index is 2660. The van der Waals surface area contributed by atoms with E-state index in [1.54, 1.807) is 4.57 Å². The molecule has 0 radical (unpaired) electrons. The molecule has 4 aromatic carbocycles. The van der Waals surface area contributed by atoms with E-state index in [4.69, 9.17) is 25.7 Å². The van der Waals surface area contributed by atoms with E-state index < -0.39 is 52.7 Å². The monoisotopic (exact) mass is 844 g/mol. The van der Waals surface area contributed by atoms with E-state index in [0.29, 0.717) is 11.6 Å². The molecule has 1 aliphatic rings. The van der Waals surface area contributed by atoms with Crippen LogP contribution >= 0.6 is 0 Å². The Balaban J connectivity index is 0.000000177. The molecule has 0 aliphatic carbocycles. The molecule has 18 heteroatoms. The lowest BCUT2D eigenvalue weighted by molar-refractivity contribution is -0.139. The quantitative estimate of drug-likeness (QED) is 0.0724. The first-order chi connectivity index (χ1) is 29.1. The first kappa shape index (κ1) is 43.3. The number of carbonyl (C=O) groups is 1. The molecule has 12 nitrogen and oxygen atoms in total. The zero-order valence-corrected chi connectivity index (χ0v) is 31.5. The van der Waals surface area contributed by atoms with Crippen LogP contribution in [0.4, 0.5) is 32.0 Å². The number of rotatable bonds is 9. The van der Waals surface area contributed by atoms with E-state index in [0.717, 1.165) is 48.7 Å². The highest BCUT2D eigenvalue weighted by molar-refractivity contribution is 5.98. The highest BCUT2D eigenvalue weighted by Gasteiger charge is 2.36. The summed E-state index contributed by atoms with van der Waals surface area (Å²) in [6.45, 7) is 0.662. The van der Waals surface area contributed by atoms with Gasteiger partial charge in [0.15, 0.2) is 0 Å². The van der Waals surface area contributed by atoms with Crippen molar-refractivity contribution in [2.24, 2.45) is 5.73 Å². The van der Waals surface area contributed by atoms with Crippen molar-refractivity contribution in [2.45, 2.75) is 24.5 Å². The molecule has 314 valence electrons. The second-order valence-corrected chi connectivity index (χ2v) is 13.0. The van der Waals surface area contributed by atoms with Gasteiger partial charge in [-0.15, -0.1) is 0 Å². The number of nitrogens with zero attached hydrogens (tertiary/aromatic N) is 4. The topological polar surface area (TPSA) is 181 Å². The predicted molar refractivity (Wildman–Crippen MR) is 211 cm³/mol. The first-order valence-corrected chi connectivity index (χ1v) is 18.1. The Morgan fingerprint density at radius 1 is 0.770 bits per heavy atom. The van der Waals surface area contributed by atoms with Crippen molar-refractivity contribution in [3.63, 3.8) is 0 Å². The molecule has 0 saturated carbocycles. The molecule has 4 heterocycles. The third-order valence-corrected chi connectivity index (χ3v) is 8.85. The number of halogens is 6. The average molecular weight is 845 g/mol. The normalized spacial score (nSPS) is 13.8. The zero-order valence-electron chi connectivity index (χ0n) is 31.5. The van der Waals surface area contributed by atoms with Crippen molar-refractivity contribution in [3.05, 3.63) is 178 Å². The molecule has 1 saturated heterocycles. The number of benzene rings is 4. The lowest BCUT2D eigenvalue weighted by atomic mass is 10.1. The van der Waals surface area contributed by atoms with Gasteiger partial charge in [-0.1, -0.05) is 60.7 Å². The molecule has 0 unspecified atom stereocenters. The molecule has 1 amide bonds. The van der Waals surface area contributed by atoms with Gasteiger partial charge in [-0.05, 0) is 71.8 Å². The van der Waals surface area contributed by atoms with E-state index in [2.05, 4.69) is 27.1 Å². The van der Waals surface area contributed by atoms with Gasteiger partial charge in [0.25, 0.3) is 11.5 Å². The second kappa shape index (κ2) is 18.7. The highest BCUT2D eigenvalue weighted by Crippen LogP contribution is 2.38. The molecule has 8 rings (SSSR count). The number of aliphatic hydroxyl groups is 1. The number of hydrogen-bond donors (Lipinski definition) is 3. The zero-order chi connectivity index (χ0) is 43.7. The second-order valence-electron chi connectivity index (χ2n) is 13.0. The number of amides is 1. The summed E-state index contributed by atoms with van der Waals surface area (Å²) in [5.41, 5.74) is 10.6. The Kier molecular flexibility index (Phi) is 13.3. The van der Waals surface area contributed by atoms with E-state index in [1.807, 2.05) is 48.5 Å². The third kappa shape index (κ3) is 11.0. The molecule has 0 bridgehead atoms. The van der Waals surface area contributed by atoms with Crippen molar-refractivity contribution in [1.29, 1.82) is 0 Å². The van der Waals surface area contributed by atoms with Gasteiger partial charge in [0.05, 0.1) is 42.0 Å². The summed E-state index contributed by atoms with van der Waals surface area (Å²) in [5, 5.41) is 10.1. The van der Waals surface area contributed by atoms with Gasteiger partial charge in [0, 0.05) is 18.1 Å². The molecule has 61 heavy (non-hydrogen) atoms. The fourth-order valence-electron chi connectivity index (χ4n) is 5.82. The smallest absolute Gasteiger partial charge is 0.421 e. The van der Waals surface area contributed by atoms with Crippen LogP contribution in [0.1, 0.15) is 44.8 Å². The standard InChI is InChI=1S/C22H16F3N3O3.C13H10F3N3O2.C8H8O/c23-22(24,25)17-7-4-10-26-21(17)31-15-8-9-18-16(11-15)20(30)27-13-28(18)19(12-29)14-5-2-1-3-6-14;14-13(15,16)9-2-1-5-19-12(9)21-7-3-4-10(17)8(6-7)11(18)20;1-2-4-7(5-3-1)8-6-9-8/h1-11,13,19,29H,12H2;1-6H,17H2,(H2,18,20);1-5,8H,6H2/t19-;;8-/m1.0/s1. The van der Waals surface area contributed by atoms with Crippen LogP contribution < -0.4 is 26.5 Å². The van der Waals surface area contributed by atoms with Crippen LogP contribution in [0.5, 0.6) is 23.3 Å². The van der Waals surface area contributed by atoms with Gasteiger partial charge in [0.1, 0.15) is 28.7 Å². The van der Waals surface area contributed by atoms with Gasteiger partial charge in [0.2, 0.25) is 11.8 Å². The molecular weight excluding hydrogens is 810 g/mol. The number of primary amides is 1. The molecular formula is C43H34F6N6O6. The number of pyridine rings is 2. The number of nitrogen functional groups attached to an aromatic ring is 1. The number of aliphatic hydroxyl groups excluding tert-OH is 1. The Morgan fingerprint density at radius 3 is 1.84 bits per heavy atom. The Labute approximate surface area is 342 Å². The summed E-state index contributed by atoms with van der Waals surface area (Å²) >= 11 is 0. The lowest BCUT2D eigenvalue weighted by Crippen LogP contribution is -2.20. The largest absolute Gasteiger partial charge is 0.438 e. The van der Waals surface area contributed by atoms with Gasteiger partial charge in [-0.3, -0.25) is 9.59 Å². The minimum atomic E-state index is -4.64. The number of fused-ring (bicyclic) bond motifs is 1. The van der Waals surface area contributed by atoms with Crippen molar-refractivity contribution in [1.82, 2.24) is 19.5 Å². The number of ether oxygens (including phenoxy) is 3. The molecule has 1 aliphatic heterocycles. The summed E-state index contributed by atoms with van der Waals surface area (Å²) in [4.78, 5) is 34.6. The van der Waals surface area contributed by atoms with Gasteiger partial charge < -0.3 is 35.4 Å². The van der Waals surface area contributed by atoms with E-state index >= 15 is 0 Å². The van der Waals surface area contributed by atoms with Crippen LogP contribution in [-0.4, -0.2) is 43.7 Å². The fourth-order valence-corrected chi connectivity index (χ4v) is 5.82. The highest BCUT2D eigenvalue weighted by atomic mass is 19.4.